The first kappa shape index (κ1) is 14.5. The van der Waals surface area contributed by atoms with Crippen molar-refractivity contribution in [2.24, 2.45) is 0 Å². The van der Waals surface area contributed by atoms with E-state index in [2.05, 4.69) is 10.3 Å². The van der Waals surface area contributed by atoms with Crippen molar-refractivity contribution < 1.29 is 9.90 Å². The topological polar surface area (TPSA) is 62.2 Å². The average molecular weight is 272 g/mol. The van der Waals surface area contributed by atoms with Crippen molar-refractivity contribution in [2.45, 2.75) is 32.2 Å². The van der Waals surface area contributed by atoms with E-state index in [4.69, 9.17) is 5.11 Å². The minimum atomic E-state index is -0.400. The lowest BCUT2D eigenvalue weighted by atomic mass is 9.94. The van der Waals surface area contributed by atoms with Gasteiger partial charge in [0.05, 0.1) is 5.56 Å². The number of nitrogens with one attached hydrogen (secondary N) is 1. The summed E-state index contributed by atoms with van der Waals surface area (Å²) < 4.78 is 0. The van der Waals surface area contributed by atoms with Gasteiger partial charge >= 0.3 is 0 Å². The zero-order valence-electron chi connectivity index (χ0n) is 11.9. The largest absolute Gasteiger partial charge is 0.396 e. The van der Waals surface area contributed by atoms with Crippen LogP contribution in [-0.2, 0) is 0 Å². The number of hydrogen-bond donors (Lipinski definition) is 2. The summed E-state index contributed by atoms with van der Waals surface area (Å²) in [6.45, 7) is 4.00. The number of fused-ring (bicyclic) bond motifs is 1. The summed E-state index contributed by atoms with van der Waals surface area (Å²) in [7, 11) is 0. The van der Waals surface area contributed by atoms with Crippen LogP contribution in [0.4, 0.5) is 0 Å². The smallest absolute Gasteiger partial charge is 0.253 e. The minimum absolute atomic E-state index is 0.0540. The molecule has 0 aliphatic rings. The number of carbonyl (C=O) groups excluding carboxylic acids is 1. The molecule has 1 atom stereocenters. The molecule has 0 aliphatic carbocycles. The zero-order chi connectivity index (χ0) is 14.6. The fourth-order valence-electron chi connectivity index (χ4n) is 2.21. The van der Waals surface area contributed by atoms with Crippen LogP contribution in [0.2, 0.25) is 0 Å². The monoisotopic (exact) mass is 272 g/mol. The number of nitrogens with zero attached hydrogens (tertiary/aromatic N) is 1. The van der Waals surface area contributed by atoms with Gasteiger partial charge in [-0.15, -0.1) is 0 Å². The number of rotatable bonds is 5. The second-order valence-electron chi connectivity index (χ2n) is 5.25. The van der Waals surface area contributed by atoms with Crippen molar-refractivity contribution >= 4 is 16.7 Å². The molecule has 4 heteroatoms. The van der Waals surface area contributed by atoms with Crippen LogP contribution in [0.3, 0.4) is 0 Å². The van der Waals surface area contributed by atoms with Gasteiger partial charge in [-0.05, 0) is 25.2 Å². The molecule has 20 heavy (non-hydrogen) atoms. The average Bonchev–Trinajstić information content (AvgIpc) is 2.46. The highest BCUT2D eigenvalue weighted by Crippen LogP contribution is 2.19. The molecule has 106 valence electrons. The number of hydrogen-bond acceptors (Lipinski definition) is 3. The molecular formula is C16H20N2O2. The molecule has 4 nitrogen and oxygen atoms in total. The zero-order valence-corrected chi connectivity index (χ0v) is 11.9. The third-order valence-corrected chi connectivity index (χ3v) is 3.77. The molecule has 0 saturated carbocycles. The van der Waals surface area contributed by atoms with Crippen molar-refractivity contribution in [3.63, 3.8) is 0 Å². The van der Waals surface area contributed by atoms with Crippen molar-refractivity contribution in [1.82, 2.24) is 10.3 Å². The van der Waals surface area contributed by atoms with E-state index >= 15 is 0 Å². The van der Waals surface area contributed by atoms with Crippen LogP contribution >= 0.6 is 0 Å². The molecule has 0 spiro atoms. The second-order valence-corrected chi connectivity index (χ2v) is 5.25. The maximum atomic E-state index is 12.5. The molecule has 1 aromatic heterocycles. The van der Waals surface area contributed by atoms with Crippen LogP contribution in [0.15, 0.2) is 36.7 Å². The molecule has 0 bridgehead atoms. The number of pyridine rings is 1. The van der Waals surface area contributed by atoms with E-state index in [0.717, 1.165) is 17.2 Å². The Bertz CT molecular complexity index is 607. The third-order valence-electron chi connectivity index (χ3n) is 3.77. The fourth-order valence-corrected chi connectivity index (χ4v) is 2.21. The lowest BCUT2D eigenvalue weighted by Gasteiger charge is -2.29. The highest BCUT2D eigenvalue weighted by atomic mass is 16.3. The predicted octanol–water partition coefficient (Wildman–Crippen LogP) is 2.52. The summed E-state index contributed by atoms with van der Waals surface area (Å²) in [5, 5.41) is 14.0. The number of aromatic nitrogens is 1. The Kier molecular flexibility index (Phi) is 4.35. The van der Waals surface area contributed by atoms with Crippen molar-refractivity contribution in [3.8, 4) is 0 Å². The highest BCUT2D eigenvalue weighted by molar-refractivity contribution is 6.06. The van der Waals surface area contributed by atoms with Gasteiger partial charge in [-0.25, -0.2) is 0 Å². The van der Waals surface area contributed by atoms with Crippen LogP contribution in [-0.4, -0.2) is 28.1 Å². The number of benzene rings is 1. The summed E-state index contributed by atoms with van der Waals surface area (Å²) >= 11 is 0. The van der Waals surface area contributed by atoms with Crippen LogP contribution in [0, 0.1) is 0 Å². The lowest BCUT2D eigenvalue weighted by Crippen LogP contribution is -2.46. The van der Waals surface area contributed by atoms with Gasteiger partial charge < -0.3 is 10.4 Å². The molecule has 0 aliphatic heterocycles. The van der Waals surface area contributed by atoms with Crippen LogP contribution < -0.4 is 5.32 Å². The third kappa shape index (κ3) is 2.96. The predicted molar refractivity (Wildman–Crippen MR) is 79.6 cm³/mol. The van der Waals surface area contributed by atoms with E-state index in [1.165, 1.54) is 0 Å². The Labute approximate surface area is 118 Å². The van der Waals surface area contributed by atoms with Gasteiger partial charge in [-0.2, -0.15) is 0 Å². The van der Waals surface area contributed by atoms with Crippen molar-refractivity contribution in [3.05, 3.63) is 42.2 Å². The van der Waals surface area contributed by atoms with E-state index in [0.29, 0.717) is 12.0 Å². The highest BCUT2D eigenvalue weighted by Gasteiger charge is 2.25. The SMILES string of the molecule is CCC(C)(CCO)NC(=O)c1cncc2ccccc12. The number of amides is 1. The Morgan fingerprint density at radius 3 is 2.80 bits per heavy atom. The summed E-state index contributed by atoms with van der Waals surface area (Å²) in [4.78, 5) is 16.6. The van der Waals surface area contributed by atoms with Gasteiger partial charge in [-0.3, -0.25) is 9.78 Å². The molecule has 1 aromatic carbocycles. The van der Waals surface area contributed by atoms with Gasteiger partial charge in [0.1, 0.15) is 0 Å². The molecular weight excluding hydrogens is 252 g/mol. The van der Waals surface area contributed by atoms with Gasteiger partial charge in [0.15, 0.2) is 0 Å². The van der Waals surface area contributed by atoms with Crippen molar-refractivity contribution in [1.29, 1.82) is 0 Å². The first-order valence-corrected chi connectivity index (χ1v) is 6.86. The van der Waals surface area contributed by atoms with E-state index < -0.39 is 5.54 Å². The number of carbonyl (C=O) groups is 1. The molecule has 0 saturated heterocycles. The number of aliphatic hydroxyl groups excluding tert-OH is 1. The standard InChI is InChI=1S/C16H20N2O2/c1-3-16(2,8-9-19)18-15(20)14-11-17-10-12-6-4-5-7-13(12)14/h4-7,10-11,19H,3,8-9H2,1-2H3,(H,18,20). The van der Waals surface area contributed by atoms with E-state index in [9.17, 15) is 4.79 Å². The molecule has 0 radical (unpaired) electrons. The normalized spacial score (nSPS) is 13.9. The molecule has 2 aromatic rings. The minimum Gasteiger partial charge on any atom is -0.396 e. The van der Waals surface area contributed by atoms with Crippen LogP contribution in [0.25, 0.3) is 10.8 Å². The fraction of sp³-hybridized carbons (Fsp3) is 0.375. The maximum Gasteiger partial charge on any atom is 0.253 e. The van der Waals surface area contributed by atoms with Gasteiger partial charge in [0, 0.05) is 29.9 Å². The number of aliphatic hydroxyl groups is 1. The van der Waals surface area contributed by atoms with Gasteiger partial charge in [0.2, 0.25) is 0 Å². The van der Waals surface area contributed by atoms with Crippen molar-refractivity contribution in [2.75, 3.05) is 6.61 Å². The van der Waals surface area contributed by atoms with E-state index in [1.807, 2.05) is 38.1 Å². The van der Waals surface area contributed by atoms with Gasteiger partial charge in [-0.1, -0.05) is 31.2 Å². The molecule has 1 heterocycles. The molecule has 2 N–H and O–H groups in total. The summed E-state index contributed by atoms with van der Waals surface area (Å²) in [6.07, 6.45) is 4.64. The molecule has 0 fully saturated rings. The first-order valence-electron chi connectivity index (χ1n) is 6.86. The Balaban J connectivity index is 2.32. The summed E-state index contributed by atoms with van der Waals surface area (Å²) in [5.74, 6) is -0.146. The van der Waals surface area contributed by atoms with Gasteiger partial charge in [0.25, 0.3) is 5.91 Å². The van der Waals surface area contributed by atoms with Crippen LogP contribution in [0.5, 0.6) is 0 Å². The quantitative estimate of drug-likeness (QED) is 0.879. The Morgan fingerprint density at radius 1 is 1.35 bits per heavy atom. The summed E-state index contributed by atoms with van der Waals surface area (Å²) in [5.41, 5.74) is 0.170. The summed E-state index contributed by atoms with van der Waals surface area (Å²) in [6, 6.07) is 7.69. The van der Waals surface area contributed by atoms with Crippen LogP contribution in [0.1, 0.15) is 37.0 Å². The molecule has 2 rings (SSSR count). The molecule has 1 amide bonds. The lowest BCUT2D eigenvalue weighted by molar-refractivity contribution is 0.0887. The molecule has 1 unspecified atom stereocenters. The second kappa shape index (κ2) is 6.01. The van der Waals surface area contributed by atoms with E-state index in [1.54, 1.807) is 12.4 Å². The Morgan fingerprint density at radius 2 is 2.10 bits per heavy atom. The maximum absolute atomic E-state index is 12.5. The Hall–Kier alpha value is -1.94. The first-order chi connectivity index (χ1) is 9.59. The van der Waals surface area contributed by atoms with E-state index in [-0.39, 0.29) is 12.5 Å².